The Balaban J connectivity index is 1.31. The lowest BCUT2D eigenvalue weighted by Crippen LogP contribution is -2.30. The Kier molecular flexibility index (Phi) is 4.90. The molecule has 0 fully saturated rings. The number of esters is 1. The summed E-state index contributed by atoms with van der Waals surface area (Å²) >= 11 is 6.01. The van der Waals surface area contributed by atoms with E-state index in [-0.39, 0.29) is 24.2 Å². The van der Waals surface area contributed by atoms with Crippen LogP contribution in [0.2, 0.25) is 5.02 Å². The number of aromatic nitrogens is 2. The maximum Gasteiger partial charge on any atom is 0.326 e. The predicted octanol–water partition coefficient (Wildman–Crippen LogP) is 3.17. The van der Waals surface area contributed by atoms with E-state index >= 15 is 0 Å². The third-order valence-corrected chi connectivity index (χ3v) is 4.95. The van der Waals surface area contributed by atoms with Gasteiger partial charge in [-0.1, -0.05) is 23.7 Å². The smallest absolute Gasteiger partial charge is 0.326 e. The molecule has 3 aromatic rings. The molecule has 0 aliphatic carbocycles. The van der Waals surface area contributed by atoms with Gasteiger partial charge in [0.1, 0.15) is 12.4 Å². The Morgan fingerprint density at radius 1 is 1.30 bits per heavy atom. The Morgan fingerprint density at radius 2 is 2.15 bits per heavy atom. The molecule has 0 amide bonds. The second kappa shape index (κ2) is 7.48. The van der Waals surface area contributed by atoms with Gasteiger partial charge >= 0.3 is 11.7 Å². The zero-order chi connectivity index (χ0) is 18.8. The van der Waals surface area contributed by atoms with Gasteiger partial charge in [-0.3, -0.25) is 9.36 Å². The highest BCUT2D eigenvalue weighted by molar-refractivity contribution is 6.30. The van der Waals surface area contributed by atoms with Crippen LogP contribution in [0.1, 0.15) is 12.0 Å². The Bertz CT molecular complexity index is 1040. The van der Waals surface area contributed by atoms with Gasteiger partial charge in [0.15, 0.2) is 0 Å². The molecule has 0 unspecified atom stereocenters. The van der Waals surface area contributed by atoms with Crippen molar-refractivity contribution in [3.63, 3.8) is 0 Å². The molecule has 2 heterocycles. The highest BCUT2D eigenvalue weighted by Crippen LogP contribution is 2.30. The average Bonchev–Trinajstić information content (AvgIpc) is 2.99. The number of aromatic amines is 1. The van der Waals surface area contributed by atoms with Gasteiger partial charge in [0, 0.05) is 11.6 Å². The molecule has 6 nitrogen and oxygen atoms in total. The van der Waals surface area contributed by atoms with Crippen LogP contribution in [0.5, 0.6) is 5.75 Å². The van der Waals surface area contributed by atoms with E-state index in [4.69, 9.17) is 21.1 Å². The van der Waals surface area contributed by atoms with Gasteiger partial charge in [-0.05, 0) is 48.7 Å². The summed E-state index contributed by atoms with van der Waals surface area (Å²) in [4.78, 5) is 27.2. The fraction of sp³-hybridized carbons (Fsp3) is 0.300. The summed E-state index contributed by atoms with van der Waals surface area (Å²) in [5, 5.41) is 0.621. The second-order valence-electron chi connectivity index (χ2n) is 6.58. The summed E-state index contributed by atoms with van der Waals surface area (Å²) in [6.07, 6.45) is 1.11. The summed E-state index contributed by atoms with van der Waals surface area (Å²) in [6, 6.07) is 12.9. The van der Waals surface area contributed by atoms with Crippen molar-refractivity contribution in [2.24, 2.45) is 5.92 Å². The number of carbonyl (C=O) groups excluding carboxylic acids is 1. The minimum atomic E-state index is -0.341. The van der Waals surface area contributed by atoms with Crippen molar-refractivity contribution < 1.29 is 14.3 Å². The number of nitrogens with one attached hydrogen (secondary N) is 1. The third-order valence-electron chi connectivity index (χ3n) is 4.71. The zero-order valence-corrected chi connectivity index (χ0v) is 15.4. The number of halogens is 1. The molecule has 1 aliphatic heterocycles. The van der Waals surface area contributed by atoms with Gasteiger partial charge in [-0.15, -0.1) is 0 Å². The van der Waals surface area contributed by atoms with Crippen LogP contribution in [-0.4, -0.2) is 28.7 Å². The van der Waals surface area contributed by atoms with E-state index in [0.717, 1.165) is 22.3 Å². The van der Waals surface area contributed by atoms with E-state index in [1.165, 1.54) is 0 Å². The van der Waals surface area contributed by atoms with Crippen LogP contribution in [0.15, 0.2) is 47.3 Å². The van der Waals surface area contributed by atoms with Crippen LogP contribution < -0.4 is 10.4 Å². The number of carbonyl (C=O) groups is 1. The van der Waals surface area contributed by atoms with Crippen molar-refractivity contribution in [2.45, 2.75) is 19.4 Å². The van der Waals surface area contributed by atoms with Crippen molar-refractivity contribution in [2.75, 3.05) is 13.2 Å². The van der Waals surface area contributed by atoms with Gasteiger partial charge in [-0.25, -0.2) is 4.79 Å². The van der Waals surface area contributed by atoms with Crippen molar-refractivity contribution >= 4 is 28.6 Å². The first-order chi connectivity index (χ1) is 13.1. The fourth-order valence-corrected chi connectivity index (χ4v) is 3.55. The van der Waals surface area contributed by atoms with Crippen molar-refractivity contribution in [3.05, 3.63) is 63.5 Å². The monoisotopic (exact) mass is 386 g/mol. The molecule has 0 radical (unpaired) electrons. The molecule has 1 aromatic heterocycles. The SMILES string of the molecule is O=C(OCCCn1c(=O)[nH]c2ccccc21)[C@H]1COc2ccc(Cl)cc2C1. The molecule has 0 spiro atoms. The quantitative estimate of drug-likeness (QED) is 0.540. The maximum atomic E-state index is 12.3. The zero-order valence-electron chi connectivity index (χ0n) is 14.6. The van der Waals surface area contributed by atoms with Gasteiger partial charge in [0.25, 0.3) is 0 Å². The molecule has 2 aromatic carbocycles. The Hall–Kier alpha value is -2.73. The lowest BCUT2D eigenvalue weighted by molar-refractivity contribution is -0.150. The second-order valence-corrected chi connectivity index (χ2v) is 7.02. The number of rotatable bonds is 5. The van der Waals surface area contributed by atoms with E-state index in [1.54, 1.807) is 10.6 Å². The highest BCUT2D eigenvalue weighted by Gasteiger charge is 2.27. The molecular formula is C20H19ClN2O4. The normalized spacial score (nSPS) is 16.0. The van der Waals surface area contributed by atoms with Crippen LogP contribution in [0.25, 0.3) is 11.0 Å². The lowest BCUT2D eigenvalue weighted by atomic mass is 9.97. The first kappa shape index (κ1) is 17.7. The average molecular weight is 387 g/mol. The highest BCUT2D eigenvalue weighted by atomic mass is 35.5. The number of aryl methyl sites for hydroxylation is 1. The summed E-state index contributed by atoms with van der Waals surface area (Å²) < 4.78 is 12.7. The lowest BCUT2D eigenvalue weighted by Gasteiger charge is -2.24. The number of benzene rings is 2. The van der Waals surface area contributed by atoms with Gasteiger partial charge in [0.05, 0.1) is 23.6 Å². The van der Waals surface area contributed by atoms with Crippen molar-refractivity contribution in [1.29, 1.82) is 0 Å². The molecule has 0 saturated carbocycles. The molecule has 0 bridgehead atoms. The minimum Gasteiger partial charge on any atom is -0.492 e. The molecule has 0 saturated heterocycles. The number of H-pyrrole nitrogens is 1. The number of para-hydroxylation sites is 2. The summed E-state index contributed by atoms with van der Waals surface area (Å²) in [7, 11) is 0. The predicted molar refractivity (Wildman–Crippen MR) is 102 cm³/mol. The third kappa shape index (κ3) is 3.71. The summed E-state index contributed by atoms with van der Waals surface area (Å²) in [5.41, 5.74) is 2.41. The number of ether oxygens (including phenoxy) is 2. The minimum absolute atomic E-state index is 0.156. The van der Waals surface area contributed by atoms with E-state index in [2.05, 4.69) is 4.98 Å². The van der Waals surface area contributed by atoms with E-state index < -0.39 is 0 Å². The largest absolute Gasteiger partial charge is 0.492 e. The summed E-state index contributed by atoms with van der Waals surface area (Å²) in [6.45, 7) is 1.04. The maximum absolute atomic E-state index is 12.3. The van der Waals surface area contributed by atoms with Crippen LogP contribution in [0.4, 0.5) is 0 Å². The Labute approximate surface area is 160 Å². The number of hydrogen-bond donors (Lipinski definition) is 1. The molecule has 7 heteroatoms. The first-order valence-electron chi connectivity index (χ1n) is 8.87. The van der Waals surface area contributed by atoms with Crippen molar-refractivity contribution in [3.8, 4) is 5.75 Å². The molecule has 27 heavy (non-hydrogen) atoms. The number of fused-ring (bicyclic) bond motifs is 2. The molecule has 1 N–H and O–H groups in total. The number of hydrogen-bond acceptors (Lipinski definition) is 4. The standard InChI is InChI=1S/C20H19ClN2O4/c21-15-6-7-18-13(11-15)10-14(12-27-18)19(24)26-9-3-8-23-17-5-2-1-4-16(17)22-20(23)25/h1-2,4-7,11,14H,3,8-10,12H2,(H,22,25)/t14-/m1/s1. The number of nitrogens with zero attached hydrogens (tertiary/aromatic N) is 1. The first-order valence-corrected chi connectivity index (χ1v) is 9.25. The fourth-order valence-electron chi connectivity index (χ4n) is 3.36. The van der Waals surface area contributed by atoms with Crippen LogP contribution in [0, 0.1) is 5.92 Å². The van der Waals surface area contributed by atoms with E-state index in [0.29, 0.717) is 31.0 Å². The molecule has 1 aliphatic rings. The van der Waals surface area contributed by atoms with E-state index in [1.807, 2.05) is 36.4 Å². The molecule has 140 valence electrons. The van der Waals surface area contributed by atoms with Gasteiger partial charge in [0.2, 0.25) is 0 Å². The molecule has 1 atom stereocenters. The number of imidazole rings is 1. The van der Waals surface area contributed by atoms with Crippen LogP contribution in [0.3, 0.4) is 0 Å². The van der Waals surface area contributed by atoms with Crippen LogP contribution >= 0.6 is 11.6 Å². The Morgan fingerprint density at radius 3 is 3.04 bits per heavy atom. The van der Waals surface area contributed by atoms with Crippen molar-refractivity contribution in [1.82, 2.24) is 9.55 Å². The topological polar surface area (TPSA) is 73.3 Å². The summed E-state index contributed by atoms with van der Waals surface area (Å²) in [5.74, 6) is 0.140. The molecule has 4 rings (SSSR count). The van der Waals surface area contributed by atoms with Gasteiger partial charge < -0.3 is 14.5 Å². The van der Waals surface area contributed by atoms with Crippen LogP contribution in [-0.2, 0) is 22.5 Å². The molecular weight excluding hydrogens is 368 g/mol. The van der Waals surface area contributed by atoms with Gasteiger partial charge in [-0.2, -0.15) is 0 Å². The van der Waals surface area contributed by atoms with E-state index in [9.17, 15) is 9.59 Å².